The number of anilines is 2. The molecule has 0 aliphatic heterocycles. The first-order valence-corrected chi connectivity index (χ1v) is 8.96. The fourth-order valence-electron chi connectivity index (χ4n) is 2.48. The van der Waals surface area contributed by atoms with Gasteiger partial charge < -0.3 is 9.80 Å². The van der Waals surface area contributed by atoms with E-state index in [1.807, 2.05) is 45.4 Å². The molecule has 0 fully saturated rings. The molecule has 0 aliphatic rings. The Morgan fingerprint density at radius 3 is 2.08 bits per heavy atom. The maximum Gasteiger partial charge on any atom is 0.431 e. The highest BCUT2D eigenvalue weighted by Crippen LogP contribution is 2.29. The molecule has 0 spiro atoms. The monoisotopic (exact) mass is 347 g/mol. The van der Waals surface area contributed by atoms with Gasteiger partial charge in [-0.2, -0.15) is 0 Å². The summed E-state index contributed by atoms with van der Waals surface area (Å²) in [7, 11) is 5.94. The van der Waals surface area contributed by atoms with Crippen LogP contribution in [0.1, 0.15) is 27.7 Å². The first-order valence-electron chi connectivity index (χ1n) is 8.14. The minimum absolute atomic E-state index is 0.388. The Labute approximate surface area is 148 Å². The summed E-state index contributed by atoms with van der Waals surface area (Å²) in [5, 5.41) is 15.1. The van der Waals surface area contributed by atoms with E-state index in [1.54, 1.807) is 16.0 Å². The Morgan fingerprint density at radius 2 is 1.58 bits per heavy atom. The number of benzene rings is 1. The summed E-state index contributed by atoms with van der Waals surface area (Å²) in [5.41, 5.74) is 1.98. The van der Waals surface area contributed by atoms with E-state index in [-0.39, 0.29) is 0 Å². The van der Waals surface area contributed by atoms with Crippen LogP contribution in [0.15, 0.2) is 34.5 Å². The van der Waals surface area contributed by atoms with Crippen LogP contribution in [0, 0.1) is 0 Å². The molecule has 1 aromatic carbocycles. The lowest BCUT2D eigenvalue weighted by molar-refractivity contribution is -0.712. The topological polar surface area (TPSA) is 48.0 Å². The van der Waals surface area contributed by atoms with Gasteiger partial charge in [0.15, 0.2) is 0 Å². The quantitative estimate of drug-likeness (QED) is 0.584. The third kappa shape index (κ3) is 4.29. The van der Waals surface area contributed by atoms with Gasteiger partial charge in [0.05, 0.1) is 5.11 Å². The summed E-state index contributed by atoms with van der Waals surface area (Å²) in [6, 6.07) is 8.78. The molecule has 130 valence electrons. The van der Waals surface area contributed by atoms with Crippen molar-refractivity contribution in [3.8, 4) is 0 Å². The molecule has 0 saturated carbocycles. The molecule has 0 aliphatic carbocycles. The van der Waals surface area contributed by atoms with E-state index in [9.17, 15) is 0 Å². The lowest BCUT2D eigenvalue weighted by Crippen LogP contribution is -2.39. The van der Waals surface area contributed by atoms with Crippen molar-refractivity contribution in [2.45, 2.75) is 39.8 Å². The number of nitrogens with zero attached hydrogens (tertiary/aromatic N) is 6. The summed E-state index contributed by atoms with van der Waals surface area (Å²) < 4.78 is 1.79. The van der Waals surface area contributed by atoms with Crippen LogP contribution in [0.25, 0.3) is 0 Å². The van der Waals surface area contributed by atoms with Gasteiger partial charge in [-0.05, 0) is 68.4 Å². The van der Waals surface area contributed by atoms with Gasteiger partial charge in [-0.1, -0.05) is 5.10 Å². The Morgan fingerprint density at radius 1 is 1.00 bits per heavy atom. The van der Waals surface area contributed by atoms with Crippen LogP contribution in [-0.4, -0.2) is 31.3 Å². The van der Waals surface area contributed by atoms with Crippen LogP contribution in [0.3, 0.4) is 0 Å². The Bertz CT molecular complexity index is 680. The van der Waals surface area contributed by atoms with Crippen molar-refractivity contribution in [2.75, 3.05) is 23.9 Å². The molecule has 0 unspecified atom stereocenters. The number of aromatic nitrogens is 2. The van der Waals surface area contributed by atoms with E-state index in [4.69, 9.17) is 0 Å². The molecule has 0 saturated heterocycles. The zero-order valence-electron chi connectivity index (χ0n) is 15.6. The van der Waals surface area contributed by atoms with Gasteiger partial charge in [0.1, 0.15) is 12.7 Å². The van der Waals surface area contributed by atoms with Gasteiger partial charge in [-0.3, -0.25) is 0 Å². The highest BCUT2D eigenvalue weighted by molar-refractivity contribution is 7.18. The van der Waals surface area contributed by atoms with Gasteiger partial charge in [0.25, 0.3) is 0 Å². The maximum absolute atomic E-state index is 4.60. The van der Waals surface area contributed by atoms with Crippen molar-refractivity contribution in [3.63, 3.8) is 0 Å². The second kappa shape index (κ2) is 7.70. The van der Waals surface area contributed by atoms with Gasteiger partial charge in [0.2, 0.25) is 5.13 Å². The Hall–Kier alpha value is -2.02. The van der Waals surface area contributed by atoms with E-state index in [2.05, 4.69) is 52.8 Å². The highest BCUT2D eigenvalue weighted by atomic mass is 32.1. The summed E-state index contributed by atoms with van der Waals surface area (Å²) in [4.78, 5) is 4.35. The van der Waals surface area contributed by atoms with Crippen LogP contribution in [0.5, 0.6) is 0 Å². The number of hydrogen-bond donors (Lipinski definition) is 0. The van der Waals surface area contributed by atoms with Gasteiger partial charge in [0, 0.05) is 31.9 Å². The number of aryl methyl sites for hydroxylation is 1. The van der Waals surface area contributed by atoms with Crippen LogP contribution < -0.4 is 14.5 Å². The van der Waals surface area contributed by atoms with Crippen molar-refractivity contribution in [1.82, 2.24) is 5.10 Å². The molecule has 7 heteroatoms. The average molecular weight is 348 g/mol. The molecular weight excluding hydrogens is 320 g/mol. The zero-order valence-corrected chi connectivity index (χ0v) is 16.4. The molecule has 2 rings (SSSR count). The third-order valence-corrected chi connectivity index (χ3v) is 4.65. The van der Waals surface area contributed by atoms with E-state index >= 15 is 0 Å². The normalized spacial score (nSPS) is 11.7. The molecule has 0 radical (unpaired) electrons. The standard InChI is InChI=1S/C17H27N6S/c1-12(2)23(13(3)4)17-20-22(7)16(24-17)19-18-14-8-10-15(11-9-14)21(5)6/h8-13H,1-7H3/q+1. The Kier molecular flexibility index (Phi) is 5.88. The number of hydrogen-bond acceptors (Lipinski definition) is 6. The SMILES string of the molecule is CC(C)N(c1n[n+](C)c(N=Nc2ccc(N(C)C)cc2)s1)C(C)C. The highest BCUT2D eigenvalue weighted by Gasteiger charge is 2.24. The molecule has 24 heavy (non-hydrogen) atoms. The summed E-state index contributed by atoms with van der Waals surface area (Å²) >= 11 is 1.56. The third-order valence-electron chi connectivity index (χ3n) is 3.65. The minimum Gasteiger partial charge on any atom is -0.378 e. The summed E-state index contributed by atoms with van der Waals surface area (Å²) in [5.74, 6) is 0. The maximum atomic E-state index is 4.60. The first-order chi connectivity index (χ1) is 11.3. The number of azo groups is 1. The van der Waals surface area contributed by atoms with Crippen LogP contribution in [0.2, 0.25) is 0 Å². The van der Waals surface area contributed by atoms with Crippen LogP contribution >= 0.6 is 11.3 Å². The van der Waals surface area contributed by atoms with Crippen LogP contribution in [-0.2, 0) is 7.05 Å². The largest absolute Gasteiger partial charge is 0.431 e. The lowest BCUT2D eigenvalue weighted by Gasteiger charge is -2.28. The lowest BCUT2D eigenvalue weighted by atomic mass is 10.2. The van der Waals surface area contributed by atoms with Crippen LogP contribution in [0.4, 0.5) is 21.6 Å². The fourth-order valence-corrected chi connectivity index (χ4v) is 3.59. The van der Waals surface area contributed by atoms with Crippen molar-refractivity contribution in [3.05, 3.63) is 24.3 Å². The second-order valence-corrected chi connectivity index (χ2v) is 7.43. The van der Waals surface area contributed by atoms with Gasteiger partial charge in [-0.15, -0.1) is 4.68 Å². The molecule has 0 N–H and O–H groups in total. The zero-order chi connectivity index (χ0) is 17.9. The molecular formula is C17H27N6S+. The fraction of sp³-hybridized carbons (Fsp3) is 0.529. The molecule has 1 heterocycles. The van der Waals surface area contributed by atoms with Gasteiger partial charge in [-0.25, -0.2) is 0 Å². The van der Waals surface area contributed by atoms with E-state index in [1.165, 1.54) is 0 Å². The van der Waals surface area contributed by atoms with E-state index < -0.39 is 0 Å². The molecule has 0 atom stereocenters. The molecule has 1 aromatic heterocycles. The second-order valence-electron chi connectivity index (χ2n) is 6.50. The molecule has 2 aromatic rings. The average Bonchev–Trinajstić information content (AvgIpc) is 2.85. The summed E-state index contributed by atoms with van der Waals surface area (Å²) in [6.07, 6.45) is 0. The first kappa shape index (κ1) is 18.3. The predicted molar refractivity (Wildman–Crippen MR) is 101 cm³/mol. The van der Waals surface area contributed by atoms with Crippen molar-refractivity contribution in [1.29, 1.82) is 0 Å². The van der Waals surface area contributed by atoms with Gasteiger partial charge >= 0.3 is 5.13 Å². The van der Waals surface area contributed by atoms with E-state index in [0.717, 1.165) is 21.6 Å². The van der Waals surface area contributed by atoms with Crippen molar-refractivity contribution < 1.29 is 4.68 Å². The predicted octanol–water partition coefficient (Wildman–Crippen LogP) is 4.07. The van der Waals surface area contributed by atoms with Crippen molar-refractivity contribution in [2.24, 2.45) is 17.3 Å². The van der Waals surface area contributed by atoms with E-state index in [0.29, 0.717) is 12.1 Å². The molecule has 0 bridgehead atoms. The minimum atomic E-state index is 0.388. The summed E-state index contributed by atoms with van der Waals surface area (Å²) in [6.45, 7) is 8.70. The number of rotatable bonds is 6. The molecule has 6 nitrogen and oxygen atoms in total. The molecule has 0 amide bonds. The Balaban J connectivity index is 2.21. The smallest absolute Gasteiger partial charge is 0.378 e. The van der Waals surface area contributed by atoms with Crippen molar-refractivity contribution >= 4 is 33.0 Å².